The molecule has 0 amide bonds. The van der Waals surface area contributed by atoms with E-state index in [1.807, 2.05) is 0 Å². The highest BCUT2D eigenvalue weighted by molar-refractivity contribution is 7.91. The maximum atomic E-state index is 13.0. The summed E-state index contributed by atoms with van der Waals surface area (Å²) in [6.07, 6.45) is 2.23. The second-order valence-corrected chi connectivity index (χ2v) is 11.5. The maximum Gasteiger partial charge on any atom is 0.339 e. The van der Waals surface area contributed by atoms with Crippen LogP contribution in [0.15, 0.2) is 76.8 Å². The van der Waals surface area contributed by atoms with E-state index in [-0.39, 0.29) is 16.3 Å². The number of hydrogen-bond acceptors (Lipinski definition) is 9. The molecule has 1 heterocycles. The minimum atomic E-state index is -4.02. The minimum absolute atomic E-state index is 0.0464. The van der Waals surface area contributed by atoms with E-state index in [2.05, 4.69) is 10.3 Å². The number of pyridine rings is 1. The van der Waals surface area contributed by atoms with E-state index in [9.17, 15) is 28.2 Å². The van der Waals surface area contributed by atoms with Gasteiger partial charge in [-0.3, -0.25) is 9.78 Å². The van der Waals surface area contributed by atoms with Crippen LogP contribution in [0.2, 0.25) is 0 Å². The van der Waals surface area contributed by atoms with Crippen molar-refractivity contribution >= 4 is 21.8 Å². The number of ether oxygens (including phenoxy) is 1. The molecule has 0 aliphatic rings. The average Bonchev–Trinajstić information content (AvgIpc) is 2.86. The fourth-order valence-corrected chi connectivity index (χ4v) is 4.92. The summed E-state index contributed by atoms with van der Waals surface area (Å²) in [5.41, 5.74) is -0.0601. The van der Waals surface area contributed by atoms with Crippen LogP contribution in [0.3, 0.4) is 0 Å². The number of carbonyl (C=O) groups excluding carboxylic acids is 1. The van der Waals surface area contributed by atoms with Crippen LogP contribution in [0.4, 0.5) is 0 Å². The zero-order chi connectivity index (χ0) is 28.1. The van der Waals surface area contributed by atoms with Crippen molar-refractivity contribution in [2.45, 2.75) is 54.7 Å². The minimum Gasteiger partial charge on any atom is -0.507 e. The topological polar surface area (TPSA) is 163 Å². The molecule has 2 atom stereocenters. The lowest BCUT2D eigenvalue weighted by Gasteiger charge is -2.27. The van der Waals surface area contributed by atoms with E-state index in [4.69, 9.17) is 9.84 Å². The van der Waals surface area contributed by atoms with Crippen LogP contribution < -0.4 is 5.32 Å². The first-order valence-electron chi connectivity index (χ1n) is 11.7. The molecule has 3 rings (SSSR count). The summed E-state index contributed by atoms with van der Waals surface area (Å²) in [4.78, 5) is 27.7. The van der Waals surface area contributed by atoms with Crippen molar-refractivity contribution in [2.75, 3.05) is 6.54 Å². The van der Waals surface area contributed by atoms with Crippen molar-refractivity contribution in [3.63, 3.8) is 0 Å². The van der Waals surface area contributed by atoms with E-state index in [1.165, 1.54) is 18.3 Å². The Labute approximate surface area is 220 Å². The lowest BCUT2D eigenvalue weighted by Crippen LogP contribution is -2.46. The Hall–Kier alpha value is -3.80. The van der Waals surface area contributed by atoms with E-state index in [0.29, 0.717) is 12.0 Å². The van der Waals surface area contributed by atoms with Crippen LogP contribution in [-0.2, 0) is 25.8 Å². The molecule has 2 aromatic carbocycles. The predicted octanol–water partition coefficient (Wildman–Crippen LogP) is 2.89. The molecule has 1 aromatic heterocycles. The number of carboxylic acid groups (broad SMARTS) is 1. The predicted molar refractivity (Wildman–Crippen MR) is 137 cm³/mol. The number of aliphatic hydroxyl groups excluding tert-OH is 1. The fraction of sp³-hybridized carbons (Fsp3) is 0.296. The Morgan fingerprint density at radius 3 is 2.29 bits per heavy atom. The molecule has 0 bridgehead atoms. The Morgan fingerprint density at radius 1 is 1.05 bits per heavy atom. The van der Waals surface area contributed by atoms with Crippen molar-refractivity contribution in [1.82, 2.24) is 10.3 Å². The Kier molecular flexibility index (Phi) is 8.87. The zero-order valence-corrected chi connectivity index (χ0v) is 22.0. The van der Waals surface area contributed by atoms with E-state index in [0.717, 1.165) is 23.8 Å². The molecule has 0 saturated carbocycles. The van der Waals surface area contributed by atoms with E-state index in [1.54, 1.807) is 51.2 Å². The van der Waals surface area contributed by atoms with Crippen molar-refractivity contribution in [3.05, 3.63) is 83.7 Å². The van der Waals surface area contributed by atoms with Gasteiger partial charge in [0.1, 0.15) is 29.1 Å². The number of aromatic nitrogens is 1. The van der Waals surface area contributed by atoms with Gasteiger partial charge in [0.25, 0.3) is 0 Å². The summed E-state index contributed by atoms with van der Waals surface area (Å²) in [5, 5.41) is 32.7. The number of nitrogens with zero attached hydrogens (tertiary/aromatic N) is 1. The van der Waals surface area contributed by atoms with Crippen LogP contribution in [0.1, 0.15) is 48.4 Å². The Morgan fingerprint density at radius 2 is 1.71 bits per heavy atom. The summed E-state index contributed by atoms with van der Waals surface area (Å²) in [5.74, 6) is -2.59. The number of nitrogens with one attached hydrogen (secondary N) is 1. The average molecular weight is 543 g/mol. The van der Waals surface area contributed by atoms with Gasteiger partial charge in [0, 0.05) is 24.5 Å². The third kappa shape index (κ3) is 7.15. The van der Waals surface area contributed by atoms with Gasteiger partial charge in [-0.05, 0) is 69.2 Å². The van der Waals surface area contributed by atoms with Gasteiger partial charge >= 0.3 is 11.9 Å². The third-order valence-electron chi connectivity index (χ3n) is 5.52. The molecule has 0 spiro atoms. The third-order valence-corrected chi connectivity index (χ3v) is 7.29. The molecule has 0 saturated heterocycles. The number of hydrogen-bond donors (Lipinski definition) is 4. The van der Waals surface area contributed by atoms with Crippen LogP contribution >= 0.6 is 0 Å². The standard InChI is InChI=1S/C27H30N2O8S/c1-27(2,3)37-26(34)23(24(31)18-5-4-13-28-16-18)29-14-12-17-6-8-19(9-7-17)38(35,36)20-10-11-22(30)21(15-20)25(32)33/h4-11,13,15-16,23-24,29-31H,12,14H2,1-3H3,(H,32,33)/t23?,24-/m1/s1. The fourth-order valence-electron chi connectivity index (χ4n) is 3.63. The normalized spacial score (nSPS) is 13.5. The number of aromatic carboxylic acids is 1. The van der Waals surface area contributed by atoms with Crippen molar-refractivity contribution < 1.29 is 38.1 Å². The summed E-state index contributed by atoms with van der Waals surface area (Å²) in [6, 6.07) is 11.3. The van der Waals surface area contributed by atoms with Gasteiger partial charge in [0.15, 0.2) is 0 Å². The monoisotopic (exact) mass is 542 g/mol. The zero-order valence-electron chi connectivity index (χ0n) is 21.2. The molecule has 0 aliphatic carbocycles. The quantitative estimate of drug-likeness (QED) is 0.280. The van der Waals surface area contributed by atoms with Gasteiger partial charge < -0.3 is 25.4 Å². The molecule has 0 aliphatic heterocycles. The highest BCUT2D eigenvalue weighted by atomic mass is 32.2. The number of aliphatic hydroxyl groups is 1. The molecule has 38 heavy (non-hydrogen) atoms. The van der Waals surface area contributed by atoms with Crippen molar-refractivity contribution in [1.29, 1.82) is 0 Å². The number of phenols is 1. The Bertz CT molecular complexity index is 1380. The van der Waals surface area contributed by atoms with Gasteiger partial charge in [-0.1, -0.05) is 18.2 Å². The molecule has 0 radical (unpaired) electrons. The van der Waals surface area contributed by atoms with Crippen LogP contribution in [-0.4, -0.2) is 58.8 Å². The van der Waals surface area contributed by atoms with Crippen molar-refractivity contribution in [2.24, 2.45) is 0 Å². The smallest absolute Gasteiger partial charge is 0.339 e. The highest BCUT2D eigenvalue weighted by Crippen LogP contribution is 2.26. The summed E-state index contributed by atoms with van der Waals surface area (Å²) >= 11 is 0. The highest BCUT2D eigenvalue weighted by Gasteiger charge is 2.32. The lowest BCUT2D eigenvalue weighted by atomic mass is 10.0. The van der Waals surface area contributed by atoms with Gasteiger partial charge in [0.2, 0.25) is 9.84 Å². The molecule has 11 heteroatoms. The second kappa shape index (κ2) is 11.7. The van der Waals surface area contributed by atoms with Crippen LogP contribution in [0.25, 0.3) is 0 Å². The summed E-state index contributed by atoms with van der Waals surface area (Å²) < 4.78 is 31.4. The maximum absolute atomic E-state index is 13.0. The van der Waals surface area contributed by atoms with Crippen LogP contribution in [0, 0.1) is 0 Å². The first kappa shape index (κ1) is 28.8. The molecule has 4 N–H and O–H groups in total. The summed E-state index contributed by atoms with van der Waals surface area (Å²) in [7, 11) is -4.02. The van der Waals surface area contributed by atoms with E-state index < -0.39 is 50.8 Å². The number of benzene rings is 2. The number of rotatable bonds is 10. The van der Waals surface area contributed by atoms with Crippen molar-refractivity contribution in [3.8, 4) is 5.75 Å². The number of carboxylic acids is 1. The molecular weight excluding hydrogens is 512 g/mol. The van der Waals surface area contributed by atoms with E-state index >= 15 is 0 Å². The molecule has 0 fully saturated rings. The molecule has 10 nitrogen and oxygen atoms in total. The number of esters is 1. The first-order valence-corrected chi connectivity index (χ1v) is 13.2. The molecule has 3 aromatic rings. The summed E-state index contributed by atoms with van der Waals surface area (Å²) in [6.45, 7) is 5.46. The number of carbonyl (C=O) groups is 2. The van der Waals surface area contributed by atoms with Crippen LogP contribution in [0.5, 0.6) is 5.75 Å². The SMILES string of the molecule is CC(C)(C)OC(=O)C(NCCc1ccc(S(=O)(=O)c2ccc(O)c(C(=O)O)c2)cc1)[C@H](O)c1cccnc1. The first-order chi connectivity index (χ1) is 17.8. The largest absolute Gasteiger partial charge is 0.507 e. The second-order valence-electron chi connectivity index (χ2n) is 9.58. The lowest BCUT2D eigenvalue weighted by molar-refractivity contribution is -0.160. The Balaban J connectivity index is 1.72. The molecule has 1 unspecified atom stereocenters. The van der Waals surface area contributed by atoms with Gasteiger partial charge in [-0.15, -0.1) is 0 Å². The van der Waals surface area contributed by atoms with Gasteiger partial charge in [-0.2, -0.15) is 0 Å². The molecular formula is C27H30N2O8S. The number of aromatic hydroxyl groups is 1. The molecule has 202 valence electrons. The van der Waals surface area contributed by atoms with Gasteiger partial charge in [-0.25, -0.2) is 13.2 Å². The number of sulfone groups is 1. The van der Waals surface area contributed by atoms with Gasteiger partial charge in [0.05, 0.1) is 9.79 Å².